The molecule has 3 heterocycles. The highest BCUT2D eigenvalue weighted by Crippen LogP contribution is 2.30. The summed E-state index contributed by atoms with van der Waals surface area (Å²) < 4.78 is 6.99. The van der Waals surface area contributed by atoms with Crippen LogP contribution in [0.1, 0.15) is 21.1 Å². The van der Waals surface area contributed by atoms with Crippen LogP contribution in [0.4, 0.5) is 0 Å². The normalized spacial score (nSPS) is 10.9. The van der Waals surface area contributed by atoms with Crippen LogP contribution in [0.3, 0.4) is 0 Å². The first-order chi connectivity index (χ1) is 13.6. The second kappa shape index (κ2) is 7.69. The van der Waals surface area contributed by atoms with E-state index in [1.165, 1.54) is 11.3 Å². The molecule has 4 aromatic rings. The largest absolute Gasteiger partial charge is 0.467 e. The molecule has 4 rings (SSSR count). The molecule has 0 atom stereocenters. The van der Waals surface area contributed by atoms with Gasteiger partial charge in [0.05, 0.1) is 35.6 Å². The second-order valence-corrected chi connectivity index (χ2v) is 7.23. The molecule has 8 heteroatoms. The Morgan fingerprint density at radius 3 is 2.71 bits per heavy atom. The average molecular weight is 394 g/mol. The van der Waals surface area contributed by atoms with Crippen molar-refractivity contribution in [1.82, 2.24) is 20.4 Å². The number of amides is 2. The predicted octanol–water partition coefficient (Wildman–Crippen LogP) is 3.03. The van der Waals surface area contributed by atoms with Crippen molar-refractivity contribution in [2.24, 2.45) is 0 Å². The zero-order chi connectivity index (χ0) is 19.5. The Morgan fingerprint density at radius 2 is 1.96 bits per heavy atom. The van der Waals surface area contributed by atoms with Crippen molar-refractivity contribution < 1.29 is 14.0 Å². The maximum absolute atomic E-state index is 12.5. The molecule has 0 saturated heterocycles. The summed E-state index contributed by atoms with van der Waals surface area (Å²) in [5.41, 5.74) is 1.79. The molecule has 0 aliphatic rings. The van der Waals surface area contributed by atoms with E-state index in [-0.39, 0.29) is 24.9 Å². The lowest BCUT2D eigenvalue weighted by Gasteiger charge is -2.05. The van der Waals surface area contributed by atoms with Crippen molar-refractivity contribution in [3.05, 3.63) is 71.1 Å². The maximum Gasteiger partial charge on any atom is 0.261 e. The standard InChI is InChI=1S/C20H18N4O3S/c1-13-16-10-17(28-20(16)24(23-13)14-6-3-2-4-7-14)19(26)22-12-18(25)21-11-15-8-5-9-27-15/h2-10H,11-12H2,1H3,(H,21,25)(H,22,26). The monoisotopic (exact) mass is 394 g/mol. The molecule has 28 heavy (non-hydrogen) atoms. The Morgan fingerprint density at radius 1 is 1.14 bits per heavy atom. The molecule has 7 nitrogen and oxygen atoms in total. The van der Waals surface area contributed by atoms with Crippen LogP contribution >= 0.6 is 11.3 Å². The van der Waals surface area contributed by atoms with E-state index >= 15 is 0 Å². The third-order valence-corrected chi connectivity index (χ3v) is 5.33. The Labute approximate surface area is 165 Å². The zero-order valence-electron chi connectivity index (χ0n) is 15.1. The van der Waals surface area contributed by atoms with Gasteiger partial charge < -0.3 is 15.1 Å². The van der Waals surface area contributed by atoms with Crippen molar-refractivity contribution in [2.45, 2.75) is 13.5 Å². The van der Waals surface area contributed by atoms with Gasteiger partial charge in [-0.3, -0.25) is 9.59 Å². The van der Waals surface area contributed by atoms with Gasteiger partial charge in [-0.25, -0.2) is 4.68 Å². The molecular weight excluding hydrogens is 376 g/mol. The Balaban J connectivity index is 1.44. The molecule has 0 radical (unpaired) electrons. The van der Waals surface area contributed by atoms with Crippen LogP contribution < -0.4 is 10.6 Å². The summed E-state index contributed by atoms with van der Waals surface area (Å²) in [5.74, 6) is 0.0935. The molecule has 2 amide bonds. The number of fused-ring (bicyclic) bond motifs is 1. The predicted molar refractivity (Wildman–Crippen MR) is 107 cm³/mol. The first-order valence-corrected chi connectivity index (χ1v) is 9.55. The first-order valence-electron chi connectivity index (χ1n) is 8.73. The number of para-hydroxylation sites is 1. The lowest BCUT2D eigenvalue weighted by atomic mass is 10.3. The van der Waals surface area contributed by atoms with Gasteiger partial charge in [-0.05, 0) is 37.3 Å². The van der Waals surface area contributed by atoms with E-state index in [1.54, 1.807) is 18.4 Å². The number of hydrogen-bond donors (Lipinski definition) is 2. The van der Waals surface area contributed by atoms with Gasteiger partial charge in [-0.1, -0.05) is 18.2 Å². The summed E-state index contributed by atoms with van der Waals surface area (Å²) in [5, 5.41) is 10.8. The number of rotatable bonds is 6. The molecule has 0 bridgehead atoms. The number of nitrogens with zero attached hydrogens (tertiary/aromatic N) is 2. The van der Waals surface area contributed by atoms with E-state index in [0.29, 0.717) is 10.6 Å². The molecule has 0 unspecified atom stereocenters. The van der Waals surface area contributed by atoms with Gasteiger partial charge in [0.1, 0.15) is 10.6 Å². The van der Waals surface area contributed by atoms with Gasteiger partial charge in [0.2, 0.25) is 5.91 Å². The number of aryl methyl sites for hydroxylation is 1. The number of furan rings is 1. The van der Waals surface area contributed by atoms with Crippen LogP contribution in [0.2, 0.25) is 0 Å². The summed E-state index contributed by atoms with van der Waals surface area (Å²) in [6.45, 7) is 2.10. The molecule has 0 saturated carbocycles. The van der Waals surface area contributed by atoms with Gasteiger partial charge in [-0.2, -0.15) is 5.10 Å². The van der Waals surface area contributed by atoms with Crippen LogP contribution in [0.25, 0.3) is 15.9 Å². The average Bonchev–Trinajstić information content (AvgIpc) is 3.44. The second-order valence-electron chi connectivity index (χ2n) is 6.20. The number of benzene rings is 1. The van der Waals surface area contributed by atoms with Crippen molar-refractivity contribution in [3.8, 4) is 5.69 Å². The minimum atomic E-state index is -0.284. The molecule has 0 aliphatic carbocycles. The summed E-state index contributed by atoms with van der Waals surface area (Å²) >= 11 is 1.35. The zero-order valence-corrected chi connectivity index (χ0v) is 16.0. The van der Waals surface area contributed by atoms with E-state index in [2.05, 4.69) is 15.7 Å². The van der Waals surface area contributed by atoms with Crippen LogP contribution in [0.5, 0.6) is 0 Å². The third kappa shape index (κ3) is 3.67. The Hall–Kier alpha value is -3.39. The summed E-state index contributed by atoms with van der Waals surface area (Å²) in [4.78, 5) is 25.8. The highest BCUT2D eigenvalue weighted by molar-refractivity contribution is 7.20. The van der Waals surface area contributed by atoms with Gasteiger partial charge in [0.25, 0.3) is 5.91 Å². The molecule has 142 valence electrons. The summed E-state index contributed by atoms with van der Waals surface area (Å²) in [6.07, 6.45) is 1.54. The fraction of sp³-hybridized carbons (Fsp3) is 0.150. The molecule has 1 aromatic carbocycles. The smallest absolute Gasteiger partial charge is 0.261 e. The number of thiophene rings is 1. The van der Waals surface area contributed by atoms with Crippen molar-refractivity contribution in [3.63, 3.8) is 0 Å². The first kappa shape index (κ1) is 18.0. The Kier molecular flexibility index (Phi) is 4.94. The molecule has 2 N–H and O–H groups in total. The number of aromatic nitrogens is 2. The minimum Gasteiger partial charge on any atom is -0.467 e. The molecule has 0 fully saturated rings. The van der Waals surface area contributed by atoms with Crippen molar-refractivity contribution >= 4 is 33.4 Å². The SMILES string of the molecule is Cc1nn(-c2ccccc2)c2sc(C(=O)NCC(=O)NCc3ccco3)cc12. The van der Waals surface area contributed by atoms with Gasteiger partial charge >= 0.3 is 0 Å². The van der Waals surface area contributed by atoms with Crippen molar-refractivity contribution in [1.29, 1.82) is 0 Å². The maximum atomic E-state index is 12.5. The topological polar surface area (TPSA) is 89.2 Å². The number of carbonyl (C=O) groups excluding carboxylic acids is 2. The third-order valence-electron chi connectivity index (χ3n) is 4.22. The van der Waals surface area contributed by atoms with Crippen LogP contribution in [-0.2, 0) is 11.3 Å². The van der Waals surface area contributed by atoms with E-state index in [0.717, 1.165) is 21.6 Å². The number of hydrogen-bond acceptors (Lipinski definition) is 5. The Bertz CT molecular complexity index is 1110. The van der Waals surface area contributed by atoms with Crippen LogP contribution in [0.15, 0.2) is 59.2 Å². The van der Waals surface area contributed by atoms with E-state index in [4.69, 9.17) is 4.42 Å². The number of carbonyl (C=O) groups is 2. The molecule has 0 aliphatic heterocycles. The lowest BCUT2D eigenvalue weighted by molar-refractivity contribution is -0.120. The van der Waals surface area contributed by atoms with E-state index < -0.39 is 0 Å². The lowest BCUT2D eigenvalue weighted by Crippen LogP contribution is -2.36. The molecule has 0 spiro atoms. The minimum absolute atomic E-state index is 0.0996. The molecular formula is C20H18N4O3S. The summed E-state index contributed by atoms with van der Waals surface area (Å²) in [7, 11) is 0. The fourth-order valence-corrected chi connectivity index (χ4v) is 3.91. The summed E-state index contributed by atoms with van der Waals surface area (Å²) in [6, 6.07) is 15.1. The van der Waals surface area contributed by atoms with E-state index in [1.807, 2.05) is 48.0 Å². The van der Waals surface area contributed by atoms with E-state index in [9.17, 15) is 9.59 Å². The highest BCUT2D eigenvalue weighted by Gasteiger charge is 2.17. The van der Waals surface area contributed by atoms with Crippen LogP contribution in [-0.4, -0.2) is 28.1 Å². The number of nitrogens with one attached hydrogen (secondary N) is 2. The highest BCUT2D eigenvalue weighted by atomic mass is 32.1. The quantitative estimate of drug-likeness (QED) is 0.526. The van der Waals surface area contributed by atoms with Gasteiger partial charge in [0.15, 0.2) is 0 Å². The van der Waals surface area contributed by atoms with Gasteiger partial charge in [0, 0.05) is 5.39 Å². The van der Waals surface area contributed by atoms with Gasteiger partial charge in [-0.15, -0.1) is 11.3 Å². The molecule has 3 aromatic heterocycles. The van der Waals surface area contributed by atoms with Crippen LogP contribution in [0, 0.1) is 6.92 Å². The fourth-order valence-electron chi connectivity index (χ4n) is 2.81. The van der Waals surface area contributed by atoms with Crippen molar-refractivity contribution in [2.75, 3.05) is 6.54 Å².